The molecule has 0 spiro atoms. The lowest BCUT2D eigenvalue weighted by molar-refractivity contribution is -0.140. The SMILES string of the molecule is COc1cc(C(=O)NC2CCN(C(=O)CCN3CCN(c4ccnc(C5CCC(=O)NC5=O)c4)CC3)CC2)ccc1Nc1ncc2c(n1)N(C1CCCC1)CC(F)(F)C(=O)N2C. The maximum atomic E-state index is 15.0. The Morgan fingerprint density at radius 2 is 1.71 bits per heavy atom. The molecule has 4 aliphatic heterocycles. The fourth-order valence-corrected chi connectivity index (χ4v) is 9.14. The van der Waals surface area contributed by atoms with Gasteiger partial charge < -0.3 is 35.0 Å². The van der Waals surface area contributed by atoms with Gasteiger partial charge in [-0.25, -0.2) is 4.98 Å². The van der Waals surface area contributed by atoms with Crippen LogP contribution in [0.15, 0.2) is 42.7 Å². The zero-order valence-electron chi connectivity index (χ0n) is 35.1. The van der Waals surface area contributed by atoms with Crippen LogP contribution in [-0.2, 0) is 19.2 Å². The van der Waals surface area contributed by atoms with Crippen molar-refractivity contribution >= 4 is 58.4 Å². The molecule has 4 fully saturated rings. The van der Waals surface area contributed by atoms with Gasteiger partial charge in [0.15, 0.2) is 5.82 Å². The smallest absolute Gasteiger partial charge is 0.342 e. The minimum Gasteiger partial charge on any atom is -0.495 e. The fourth-order valence-electron chi connectivity index (χ4n) is 9.14. The molecule has 5 amide bonds. The van der Waals surface area contributed by atoms with Crippen LogP contribution in [0.5, 0.6) is 5.75 Å². The first kappa shape index (κ1) is 42.7. The number of methoxy groups -OCH3 is 1. The van der Waals surface area contributed by atoms with Gasteiger partial charge in [-0.1, -0.05) is 12.8 Å². The monoisotopic (exact) mass is 857 g/mol. The Morgan fingerprint density at radius 3 is 2.44 bits per heavy atom. The molecule has 19 heteroatoms. The highest BCUT2D eigenvalue weighted by molar-refractivity contribution is 6.02. The number of rotatable bonds is 11. The molecule has 6 heterocycles. The highest BCUT2D eigenvalue weighted by Gasteiger charge is 2.49. The van der Waals surface area contributed by atoms with Crippen LogP contribution in [0, 0.1) is 0 Å². The summed E-state index contributed by atoms with van der Waals surface area (Å²) in [6.07, 6.45) is 8.77. The van der Waals surface area contributed by atoms with E-state index in [-0.39, 0.29) is 53.2 Å². The largest absolute Gasteiger partial charge is 0.495 e. The normalized spacial score (nSPS) is 21.4. The number of anilines is 5. The molecule has 17 nitrogen and oxygen atoms in total. The third kappa shape index (κ3) is 9.27. The number of nitrogens with zero attached hydrogens (tertiary/aromatic N) is 8. The van der Waals surface area contributed by atoms with E-state index in [1.165, 1.54) is 20.4 Å². The Hall–Kier alpha value is -5.98. The molecule has 1 saturated carbocycles. The van der Waals surface area contributed by atoms with Gasteiger partial charge in [0.1, 0.15) is 11.4 Å². The average molecular weight is 858 g/mol. The summed E-state index contributed by atoms with van der Waals surface area (Å²) < 4.78 is 35.7. The van der Waals surface area contributed by atoms with Crippen LogP contribution in [0.3, 0.4) is 0 Å². The molecule has 0 radical (unpaired) electrons. The van der Waals surface area contributed by atoms with Crippen LogP contribution >= 0.6 is 0 Å². The molecule has 3 aromatic rings. The number of amides is 5. The summed E-state index contributed by atoms with van der Waals surface area (Å²) in [6.45, 7) is 4.13. The molecular weight excluding hydrogens is 805 g/mol. The first-order chi connectivity index (χ1) is 29.9. The third-order valence-electron chi connectivity index (χ3n) is 12.8. The van der Waals surface area contributed by atoms with Crippen molar-refractivity contribution in [1.82, 2.24) is 35.4 Å². The van der Waals surface area contributed by atoms with Gasteiger partial charge in [-0.05, 0) is 62.4 Å². The minimum absolute atomic E-state index is 0.0937. The second-order valence-electron chi connectivity index (χ2n) is 16.7. The van der Waals surface area contributed by atoms with Crippen LogP contribution < -0.4 is 35.4 Å². The molecule has 8 rings (SSSR count). The zero-order chi connectivity index (χ0) is 43.5. The number of carbonyl (C=O) groups excluding carboxylic acids is 5. The number of imide groups is 1. The quantitative estimate of drug-likeness (QED) is 0.239. The number of hydrogen-bond donors (Lipinski definition) is 3. The van der Waals surface area contributed by atoms with Crippen LogP contribution in [0.25, 0.3) is 0 Å². The predicted octanol–water partition coefficient (Wildman–Crippen LogP) is 3.44. The van der Waals surface area contributed by atoms with Gasteiger partial charge in [0, 0.05) is 95.2 Å². The molecular formula is C43H53F2N11O6. The van der Waals surface area contributed by atoms with Gasteiger partial charge >= 0.3 is 5.92 Å². The summed E-state index contributed by atoms with van der Waals surface area (Å²) in [5.41, 5.74) is 2.70. The Balaban J connectivity index is 0.801. The van der Waals surface area contributed by atoms with Crippen molar-refractivity contribution in [3.8, 4) is 5.75 Å². The van der Waals surface area contributed by atoms with Crippen molar-refractivity contribution in [2.75, 3.05) is 86.5 Å². The van der Waals surface area contributed by atoms with Gasteiger partial charge in [-0.2, -0.15) is 13.8 Å². The lowest BCUT2D eigenvalue weighted by atomic mass is 9.94. The molecule has 1 atom stereocenters. The number of aromatic nitrogens is 3. The minimum atomic E-state index is -3.59. The van der Waals surface area contributed by atoms with Gasteiger partial charge in [0.2, 0.25) is 23.7 Å². The number of hydrogen-bond acceptors (Lipinski definition) is 13. The molecule has 1 unspecified atom stereocenters. The molecule has 1 aromatic carbocycles. The van der Waals surface area contributed by atoms with Crippen molar-refractivity contribution < 1.29 is 37.5 Å². The molecule has 5 aliphatic rings. The van der Waals surface area contributed by atoms with E-state index in [2.05, 4.69) is 40.7 Å². The topological polar surface area (TPSA) is 186 Å². The first-order valence-corrected chi connectivity index (χ1v) is 21.5. The molecule has 3 N–H and O–H groups in total. The number of carbonyl (C=O) groups is 5. The Morgan fingerprint density at radius 1 is 0.952 bits per heavy atom. The van der Waals surface area contributed by atoms with Crippen LogP contribution in [0.1, 0.15) is 79.8 Å². The summed E-state index contributed by atoms with van der Waals surface area (Å²) in [5.74, 6) is -5.32. The number of likely N-dealkylation sites (tertiary alicyclic amines) is 1. The molecule has 330 valence electrons. The summed E-state index contributed by atoms with van der Waals surface area (Å²) >= 11 is 0. The second kappa shape index (κ2) is 18.2. The van der Waals surface area contributed by atoms with E-state index in [1.54, 1.807) is 29.3 Å². The van der Waals surface area contributed by atoms with Crippen LogP contribution in [-0.4, -0.2) is 139 Å². The Labute approximate surface area is 358 Å². The van der Waals surface area contributed by atoms with Crippen molar-refractivity contribution in [3.05, 3.63) is 54.0 Å². The van der Waals surface area contributed by atoms with E-state index in [1.807, 2.05) is 17.0 Å². The summed E-state index contributed by atoms with van der Waals surface area (Å²) in [6, 6.07) is 8.51. The van der Waals surface area contributed by atoms with E-state index in [9.17, 15) is 24.0 Å². The highest BCUT2D eigenvalue weighted by Crippen LogP contribution is 2.40. The molecule has 3 saturated heterocycles. The zero-order valence-corrected chi connectivity index (χ0v) is 35.1. The number of fused-ring (bicyclic) bond motifs is 1. The van der Waals surface area contributed by atoms with Crippen LogP contribution in [0.2, 0.25) is 0 Å². The number of piperazine rings is 1. The Bertz CT molecular complexity index is 2190. The summed E-state index contributed by atoms with van der Waals surface area (Å²) in [7, 11) is 2.78. The Kier molecular flexibility index (Phi) is 12.5. The number of alkyl halides is 2. The van der Waals surface area contributed by atoms with Crippen molar-refractivity contribution in [2.24, 2.45) is 0 Å². The van der Waals surface area contributed by atoms with E-state index >= 15 is 8.78 Å². The van der Waals surface area contributed by atoms with Gasteiger partial charge in [0.05, 0.1) is 37.2 Å². The highest BCUT2D eigenvalue weighted by atomic mass is 19.3. The summed E-state index contributed by atoms with van der Waals surface area (Å²) in [4.78, 5) is 85.5. The number of piperidine rings is 2. The number of pyridine rings is 1. The number of halogens is 2. The van der Waals surface area contributed by atoms with Crippen molar-refractivity contribution in [3.63, 3.8) is 0 Å². The maximum absolute atomic E-state index is 15.0. The number of nitrogens with one attached hydrogen (secondary N) is 3. The third-order valence-corrected chi connectivity index (χ3v) is 12.8. The number of ether oxygens (including phenoxy) is 1. The maximum Gasteiger partial charge on any atom is 0.342 e. The second-order valence-corrected chi connectivity index (χ2v) is 16.7. The van der Waals surface area contributed by atoms with Crippen LogP contribution in [0.4, 0.5) is 37.6 Å². The molecule has 62 heavy (non-hydrogen) atoms. The summed E-state index contributed by atoms with van der Waals surface area (Å²) in [5, 5.41) is 8.62. The first-order valence-electron chi connectivity index (χ1n) is 21.5. The van der Waals surface area contributed by atoms with Gasteiger partial charge in [-0.15, -0.1) is 0 Å². The lowest BCUT2D eigenvalue weighted by Crippen LogP contribution is -2.49. The standard InChI is InChI=1S/C43H53F2N11O6/c1-52-34-25-47-42(51-38(34)56(29-5-3-4-6-29)26-43(44,45)41(52)61)49-32-9-7-27(23-35(32)62-2)39(59)48-28-12-17-55(18-13-28)37(58)14-16-53-19-21-54(22-20-53)30-11-15-46-33(24-30)31-8-10-36(57)50-40(31)60/h7,9,11,15,23-25,28-29,31H,3-6,8,10,12-14,16-22,26H2,1-2H3,(H,48,59)(H,47,49,51)(H,50,57,60). The van der Waals surface area contributed by atoms with E-state index in [0.717, 1.165) is 62.4 Å². The molecule has 0 bridgehead atoms. The number of benzene rings is 1. The van der Waals surface area contributed by atoms with Crippen molar-refractivity contribution in [2.45, 2.75) is 81.7 Å². The van der Waals surface area contributed by atoms with E-state index in [0.29, 0.717) is 74.4 Å². The predicted molar refractivity (Wildman–Crippen MR) is 226 cm³/mol. The van der Waals surface area contributed by atoms with Gasteiger partial charge in [0.25, 0.3) is 11.8 Å². The molecule has 1 aliphatic carbocycles. The average Bonchev–Trinajstić information content (AvgIpc) is 3.81. The van der Waals surface area contributed by atoms with Gasteiger partial charge in [-0.3, -0.25) is 39.2 Å². The fraction of sp³-hybridized carbons (Fsp3) is 0.535. The molecule has 2 aromatic heterocycles. The van der Waals surface area contributed by atoms with E-state index < -0.39 is 24.3 Å². The van der Waals surface area contributed by atoms with Crippen molar-refractivity contribution in [1.29, 1.82) is 0 Å². The lowest BCUT2D eigenvalue weighted by Gasteiger charge is -2.37. The van der Waals surface area contributed by atoms with E-state index in [4.69, 9.17) is 4.74 Å².